The highest BCUT2D eigenvalue weighted by Gasteiger charge is 2.19. The Bertz CT molecular complexity index is 483. The highest BCUT2D eigenvalue weighted by Crippen LogP contribution is 2.20. The molecule has 0 atom stereocenters. The summed E-state index contributed by atoms with van der Waals surface area (Å²) in [6.07, 6.45) is 2.53. The second kappa shape index (κ2) is 5.74. The van der Waals surface area contributed by atoms with Gasteiger partial charge in [0.1, 0.15) is 11.6 Å². The van der Waals surface area contributed by atoms with Gasteiger partial charge in [0.2, 0.25) is 0 Å². The molecule has 1 aromatic carbocycles. The molecule has 0 spiro atoms. The zero-order chi connectivity index (χ0) is 13.0. The van der Waals surface area contributed by atoms with E-state index in [4.69, 9.17) is 10.00 Å². The number of nitriles is 1. The first-order valence-electron chi connectivity index (χ1n) is 6.01. The van der Waals surface area contributed by atoms with Crippen LogP contribution in [0.2, 0.25) is 0 Å². The summed E-state index contributed by atoms with van der Waals surface area (Å²) < 4.78 is 19.1. The molecule has 1 aromatic rings. The van der Waals surface area contributed by atoms with E-state index in [1.807, 2.05) is 6.07 Å². The van der Waals surface area contributed by atoms with Crippen LogP contribution in [0, 0.1) is 17.1 Å². The number of rotatable bonds is 3. The predicted molar refractivity (Wildman–Crippen MR) is 63.2 cm³/mol. The van der Waals surface area contributed by atoms with Crippen LogP contribution < -0.4 is 0 Å². The standard InChI is InChI=1S/C14H14FNO2/c15-14-6-1-10(8-16)7-11(14)9-18-13-4-2-12(17)3-5-13/h1,6-7,13H,2-5,9H2. The summed E-state index contributed by atoms with van der Waals surface area (Å²) in [5.41, 5.74) is 0.819. The molecule has 0 aliphatic heterocycles. The fourth-order valence-corrected chi connectivity index (χ4v) is 2.04. The third-order valence-electron chi connectivity index (χ3n) is 3.14. The van der Waals surface area contributed by atoms with Gasteiger partial charge in [-0.1, -0.05) is 0 Å². The molecule has 0 amide bonds. The summed E-state index contributed by atoms with van der Waals surface area (Å²) in [5, 5.41) is 8.75. The van der Waals surface area contributed by atoms with Crippen molar-refractivity contribution in [1.29, 1.82) is 5.26 Å². The normalized spacial score (nSPS) is 16.6. The predicted octanol–water partition coefficient (Wildman–Crippen LogP) is 2.73. The second-order valence-electron chi connectivity index (χ2n) is 4.47. The summed E-state index contributed by atoms with van der Waals surface area (Å²) in [4.78, 5) is 11.1. The third-order valence-corrected chi connectivity index (χ3v) is 3.14. The van der Waals surface area contributed by atoms with Crippen molar-refractivity contribution in [3.8, 4) is 6.07 Å². The van der Waals surface area contributed by atoms with E-state index in [1.165, 1.54) is 18.2 Å². The van der Waals surface area contributed by atoms with Crippen LogP contribution in [-0.4, -0.2) is 11.9 Å². The van der Waals surface area contributed by atoms with E-state index < -0.39 is 0 Å². The highest BCUT2D eigenvalue weighted by molar-refractivity contribution is 5.79. The van der Waals surface area contributed by atoms with Gasteiger partial charge in [-0.25, -0.2) is 4.39 Å². The Balaban J connectivity index is 1.94. The van der Waals surface area contributed by atoms with E-state index in [1.54, 1.807) is 0 Å². The van der Waals surface area contributed by atoms with Crippen LogP contribution in [-0.2, 0) is 16.1 Å². The molecule has 2 rings (SSSR count). The molecule has 1 fully saturated rings. The van der Waals surface area contributed by atoms with Crippen LogP contribution in [0.4, 0.5) is 4.39 Å². The van der Waals surface area contributed by atoms with Gasteiger partial charge in [-0.3, -0.25) is 4.79 Å². The minimum absolute atomic E-state index is 0.0211. The number of ether oxygens (including phenoxy) is 1. The summed E-state index contributed by atoms with van der Waals surface area (Å²) in [7, 11) is 0. The maximum Gasteiger partial charge on any atom is 0.133 e. The maximum absolute atomic E-state index is 13.5. The van der Waals surface area contributed by atoms with Crippen molar-refractivity contribution in [2.45, 2.75) is 38.4 Å². The van der Waals surface area contributed by atoms with Crippen LogP contribution in [0.15, 0.2) is 18.2 Å². The number of carbonyl (C=O) groups excluding carboxylic acids is 1. The molecule has 0 radical (unpaired) electrons. The number of hydrogen-bond acceptors (Lipinski definition) is 3. The first-order valence-corrected chi connectivity index (χ1v) is 6.01. The Morgan fingerprint density at radius 2 is 2.11 bits per heavy atom. The number of halogens is 1. The molecule has 18 heavy (non-hydrogen) atoms. The molecule has 0 unspecified atom stereocenters. The van der Waals surface area contributed by atoms with Gasteiger partial charge >= 0.3 is 0 Å². The van der Waals surface area contributed by atoms with Crippen molar-refractivity contribution in [1.82, 2.24) is 0 Å². The van der Waals surface area contributed by atoms with Crippen LogP contribution in [0.1, 0.15) is 36.8 Å². The van der Waals surface area contributed by atoms with Crippen LogP contribution in [0.25, 0.3) is 0 Å². The van der Waals surface area contributed by atoms with Gasteiger partial charge in [-0.15, -0.1) is 0 Å². The zero-order valence-corrected chi connectivity index (χ0v) is 9.99. The van der Waals surface area contributed by atoms with Gasteiger partial charge in [0.05, 0.1) is 24.3 Å². The lowest BCUT2D eigenvalue weighted by molar-refractivity contribution is -0.123. The molecule has 0 aromatic heterocycles. The van der Waals surface area contributed by atoms with Gasteiger partial charge in [-0.2, -0.15) is 5.26 Å². The number of carbonyl (C=O) groups is 1. The van der Waals surface area contributed by atoms with Gasteiger partial charge in [0.15, 0.2) is 0 Å². The number of ketones is 1. The first kappa shape index (κ1) is 12.7. The Morgan fingerprint density at radius 1 is 1.39 bits per heavy atom. The third kappa shape index (κ3) is 3.14. The monoisotopic (exact) mass is 247 g/mol. The van der Waals surface area contributed by atoms with E-state index in [-0.39, 0.29) is 24.3 Å². The summed E-state index contributed by atoms with van der Waals surface area (Å²) in [5.74, 6) is -0.0894. The average molecular weight is 247 g/mol. The molecular formula is C14H14FNO2. The van der Waals surface area contributed by atoms with Crippen molar-refractivity contribution >= 4 is 5.78 Å². The molecule has 0 heterocycles. The van der Waals surface area contributed by atoms with Crippen LogP contribution >= 0.6 is 0 Å². The SMILES string of the molecule is N#Cc1ccc(F)c(COC2CCC(=O)CC2)c1. The van der Waals surface area contributed by atoms with Crippen LogP contribution in [0.5, 0.6) is 0 Å². The summed E-state index contributed by atoms with van der Waals surface area (Å²) in [6, 6.07) is 6.20. The molecule has 1 aliphatic rings. The first-order chi connectivity index (χ1) is 8.69. The van der Waals surface area contributed by atoms with E-state index in [0.717, 1.165) is 0 Å². The summed E-state index contributed by atoms with van der Waals surface area (Å²) >= 11 is 0. The molecule has 3 nitrogen and oxygen atoms in total. The fourth-order valence-electron chi connectivity index (χ4n) is 2.04. The number of Topliss-reactive ketones (excluding diaryl/α,β-unsaturated/α-hetero) is 1. The zero-order valence-electron chi connectivity index (χ0n) is 9.99. The van der Waals surface area contributed by atoms with Crippen molar-refractivity contribution in [2.75, 3.05) is 0 Å². The largest absolute Gasteiger partial charge is 0.373 e. The molecule has 4 heteroatoms. The molecule has 0 saturated heterocycles. The van der Waals surface area contributed by atoms with Gasteiger partial charge in [0.25, 0.3) is 0 Å². The second-order valence-corrected chi connectivity index (χ2v) is 4.47. The Morgan fingerprint density at radius 3 is 2.78 bits per heavy atom. The van der Waals surface area contributed by atoms with Gasteiger partial charge in [0, 0.05) is 18.4 Å². The van der Waals surface area contributed by atoms with E-state index in [0.29, 0.717) is 36.8 Å². The topological polar surface area (TPSA) is 50.1 Å². The fraction of sp³-hybridized carbons (Fsp3) is 0.429. The molecular weight excluding hydrogens is 233 g/mol. The molecule has 0 N–H and O–H groups in total. The molecule has 1 saturated carbocycles. The maximum atomic E-state index is 13.5. The lowest BCUT2D eigenvalue weighted by Crippen LogP contribution is -2.21. The number of benzene rings is 1. The number of hydrogen-bond donors (Lipinski definition) is 0. The Labute approximate surface area is 105 Å². The number of nitrogens with zero attached hydrogens (tertiary/aromatic N) is 1. The minimum Gasteiger partial charge on any atom is -0.373 e. The smallest absolute Gasteiger partial charge is 0.133 e. The lowest BCUT2D eigenvalue weighted by atomic mass is 9.96. The highest BCUT2D eigenvalue weighted by atomic mass is 19.1. The molecule has 0 bridgehead atoms. The van der Waals surface area contributed by atoms with E-state index >= 15 is 0 Å². The minimum atomic E-state index is -0.360. The van der Waals surface area contributed by atoms with Crippen molar-refractivity contribution in [3.63, 3.8) is 0 Å². The molecule has 1 aliphatic carbocycles. The van der Waals surface area contributed by atoms with Crippen molar-refractivity contribution in [3.05, 3.63) is 35.1 Å². The Hall–Kier alpha value is -1.73. The van der Waals surface area contributed by atoms with E-state index in [9.17, 15) is 9.18 Å². The lowest BCUT2D eigenvalue weighted by Gasteiger charge is -2.21. The van der Waals surface area contributed by atoms with Gasteiger partial charge in [-0.05, 0) is 31.0 Å². The average Bonchev–Trinajstić information content (AvgIpc) is 2.40. The van der Waals surface area contributed by atoms with Crippen LogP contribution in [0.3, 0.4) is 0 Å². The van der Waals surface area contributed by atoms with Gasteiger partial charge < -0.3 is 4.74 Å². The van der Waals surface area contributed by atoms with Crippen molar-refractivity contribution < 1.29 is 13.9 Å². The molecule has 94 valence electrons. The Kier molecular flexibility index (Phi) is 4.06. The summed E-state index contributed by atoms with van der Waals surface area (Å²) in [6.45, 7) is 0.153. The quantitative estimate of drug-likeness (QED) is 0.825. The van der Waals surface area contributed by atoms with Crippen molar-refractivity contribution in [2.24, 2.45) is 0 Å². The van der Waals surface area contributed by atoms with E-state index in [2.05, 4.69) is 0 Å².